The van der Waals surface area contributed by atoms with Crippen LogP contribution >= 0.6 is 0 Å². The highest BCUT2D eigenvalue weighted by molar-refractivity contribution is 5.93. The molecule has 4 rings (SSSR count). The first-order valence-electron chi connectivity index (χ1n) is 9.37. The Bertz CT molecular complexity index is 1160. The van der Waals surface area contributed by atoms with E-state index in [4.69, 9.17) is 9.90 Å². The van der Waals surface area contributed by atoms with E-state index in [2.05, 4.69) is 20.0 Å². The lowest BCUT2D eigenvalue weighted by Gasteiger charge is -2.25. The lowest BCUT2D eigenvalue weighted by Crippen LogP contribution is -2.40. The molecule has 13 heteroatoms. The van der Waals surface area contributed by atoms with Crippen LogP contribution in [0.1, 0.15) is 16.9 Å². The first-order chi connectivity index (χ1) is 15.1. The summed E-state index contributed by atoms with van der Waals surface area (Å²) in [5.41, 5.74) is 1.56. The number of likely N-dealkylation sites (N-methyl/N-ethyl adjacent to an activating group) is 1. The Morgan fingerprint density at radius 3 is 2.50 bits per heavy atom. The molecule has 0 saturated carbocycles. The number of fused-ring (bicyclic) bond motifs is 1. The summed E-state index contributed by atoms with van der Waals surface area (Å²) in [6, 6.07) is 5.63. The first kappa shape index (κ1) is 22.8. The van der Waals surface area contributed by atoms with Gasteiger partial charge in [0.2, 0.25) is 0 Å². The number of halogens is 3. The van der Waals surface area contributed by atoms with Crippen LogP contribution in [0.4, 0.5) is 18.9 Å². The van der Waals surface area contributed by atoms with E-state index in [1.54, 1.807) is 30.4 Å². The summed E-state index contributed by atoms with van der Waals surface area (Å²) in [4.78, 5) is 44.2. The molecule has 1 unspecified atom stereocenters. The Labute approximate surface area is 178 Å². The third kappa shape index (κ3) is 4.87. The van der Waals surface area contributed by atoms with Crippen molar-refractivity contribution in [2.45, 2.75) is 18.6 Å². The number of nitrogens with one attached hydrogen (secondary N) is 1. The van der Waals surface area contributed by atoms with Gasteiger partial charge in [0.15, 0.2) is 0 Å². The van der Waals surface area contributed by atoms with Crippen LogP contribution in [-0.4, -0.2) is 73.8 Å². The molecule has 0 spiro atoms. The number of aromatic amines is 1. The number of rotatable bonds is 3. The molecule has 1 aliphatic rings. The zero-order chi connectivity index (χ0) is 23.5. The number of amides is 1. The number of carboxylic acids is 1. The second-order valence-electron chi connectivity index (χ2n) is 6.94. The molecule has 1 fully saturated rings. The molecular weight excluding hydrogens is 433 g/mol. The fourth-order valence-corrected chi connectivity index (χ4v) is 3.28. The molecule has 1 amide bonds. The van der Waals surface area contributed by atoms with Crippen LogP contribution in [0.2, 0.25) is 0 Å². The third-order valence-electron chi connectivity index (χ3n) is 4.96. The van der Waals surface area contributed by atoms with E-state index < -0.39 is 12.1 Å². The number of carbonyl (C=O) groups excluding carboxylic acids is 1. The molecule has 2 N–H and O–H groups in total. The predicted molar refractivity (Wildman–Crippen MR) is 106 cm³/mol. The van der Waals surface area contributed by atoms with Gasteiger partial charge in [-0.05, 0) is 24.6 Å². The van der Waals surface area contributed by atoms with Gasteiger partial charge in [0, 0.05) is 44.4 Å². The Morgan fingerprint density at radius 2 is 1.88 bits per heavy atom. The maximum atomic E-state index is 12.9. The molecule has 4 heterocycles. The van der Waals surface area contributed by atoms with Crippen molar-refractivity contribution in [3.05, 3.63) is 59.0 Å². The van der Waals surface area contributed by atoms with Gasteiger partial charge in [-0.1, -0.05) is 0 Å². The summed E-state index contributed by atoms with van der Waals surface area (Å²) < 4.78 is 33.1. The summed E-state index contributed by atoms with van der Waals surface area (Å²) in [5, 5.41) is 11.2. The molecule has 0 radical (unpaired) electrons. The Hall–Kier alpha value is -3.90. The van der Waals surface area contributed by atoms with Crippen molar-refractivity contribution in [1.82, 2.24) is 24.5 Å². The number of H-pyrrole nitrogens is 1. The summed E-state index contributed by atoms with van der Waals surface area (Å²) in [6.45, 7) is 1.65. The monoisotopic (exact) mass is 452 g/mol. The molecule has 1 saturated heterocycles. The summed E-state index contributed by atoms with van der Waals surface area (Å²) >= 11 is 0. The highest BCUT2D eigenvalue weighted by Gasteiger charge is 2.38. The Kier molecular flexibility index (Phi) is 6.46. The van der Waals surface area contributed by atoms with E-state index in [1.807, 2.05) is 12.1 Å². The molecule has 32 heavy (non-hydrogen) atoms. The lowest BCUT2D eigenvalue weighted by atomic mass is 10.2. The second kappa shape index (κ2) is 9.08. The van der Waals surface area contributed by atoms with Gasteiger partial charge in [-0.3, -0.25) is 14.6 Å². The van der Waals surface area contributed by atoms with E-state index in [1.165, 1.54) is 16.9 Å². The lowest BCUT2D eigenvalue weighted by molar-refractivity contribution is -0.192. The van der Waals surface area contributed by atoms with Crippen molar-refractivity contribution < 1.29 is 27.9 Å². The molecule has 10 nitrogen and oxygen atoms in total. The van der Waals surface area contributed by atoms with Crippen LogP contribution in [-0.2, 0) is 4.79 Å². The minimum Gasteiger partial charge on any atom is -0.475 e. The van der Waals surface area contributed by atoms with Crippen molar-refractivity contribution in [2.75, 3.05) is 25.0 Å². The molecule has 0 aliphatic carbocycles. The Morgan fingerprint density at radius 1 is 1.22 bits per heavy atom. The standard InChI is InChI=1S/C17H18N6O2.C2HF3O2/c1-21(13-5-9-22(11-13)12-2-6-18-7-3-12)17(25)15-10-19-16(24)14-4-8-20-23(14)15;3-2(4,5)1(6)7/h2-4,6-8,10,13H,5,9,11H2,1H3,(H,19,24);(H,6,7). The van der Waals surface area contributed by atoms with Crippen molar-refractivity contribution in [2.24, 2.45) is 0 Å². The molecule has 0 bridgehead atoms. The van der Waals surface area contributed by atoms with Crippen LogP contribution in [0, 0.1) is 0 Å². The van der Waals surface area contributed by atoms with E-state index in [-0.39, 0.29) is 17.5 Å². The van der Waals surface area contributed by atoms with Crippen LogP contribution in [0.15, 0.2) is 47.8 Å². The maximum Gasteiger partial charge on any atom is 0.490 e. The average Bonchev–Trinajstić information content (AvgIpc) is 3.44. The number of aromatic nitrogens is 4. The molecule has 3 aromatic heterocycles. The number of nitrogens with zero attached hydrogens (tertiary/aromatic N) is 5. The van der Waals surface area contributed by atoms with Crippen LogP contribution < -0.4 is 10.5 Å². The minimum absolute atomic E-state index is 0.0956. The van der Waals surface area contributed by atoms with Crippen LogP contribution in [0.5, 0.6) is 0 Å². The number of pyridine rings is 1. The van der Waals surface area contributed by atoms with Gasteiger partial charge in [-0.2, -0.15) is 18.3 Å². The van der Waals surface area contributed by atoms with Gasteiger partial charge in [0.05, 0.1) is 12.2 Å². The van der Waals surface area contributed by atoms with Crippen LogP contribution in [0.3, 0.4) is 0 Å². The summed E-state index contributed by atoms with van der Waals surface area (Å²) in [6.07, 6.45) is 2.29. The third-order valence-corrected chi connectivity index (χ3v) is 4.96. The normalized spacial score (nSPS) is 15.9. The number of hydrogen-bond acceptors (Lipinski definition) is 6. The zero-order valence-corrected chi connectivity index (χ0v) is 16.8. The molecule has 0 aromatic carbocycles. The predicted octanol–water partition coefficient (Wildman–Crippen LogP) is 1.40. The molecule has 1 aliphatic heterocycles. The number of carboxylic acid groups (broad SMARTS) is 1. The summed E-state index contributed by atoms with van der Waals surface area (Å²) in [7, 11) is 1.80. The van der Waals surface area contributed by atoms with Gasteiger partial charge in [-0.15, -0.1) is 0 Å². The largest absolute Gasteiger partial charge is 0.490 e. The molecule has 3 aromatic rings. The first-order valence-corrected chi connectivity index (χ1v) is 9.37. The number of alkyl halides is 3. The van der Waals surface area contributed by atoms with Crippen molar-refractivity contribution in [3.63, 3.8) is 0 Å². The topological polar surface area (TPSA) is 124 Å². The van der Waals surface area contributed by atoms with E-state index in [9.17, 15) is 22.8 Å². The van der Waals surface area contributed by atoms with Crippen molar-refractivity contribution in [3.8, 4) is 0 Å². The highest BCUT2D eigenvalue weighted by Crippen LogP contribution is 2.22. The molecule has 1 atom stereocenters. The number of carbonyl (C=O) groups is 2. The summed E-state index contributed by atoms with van der Waals surface area (Å²) in [5.74, 6) is -2.92. The van der Waals surface area contributed by atoms with Gasteiger partial charge in [0.1, 0.15) is 11.2 Å². The quantitative estimate of drug-likeness (QED) is 0.616. The fourth-order valence-electron chi connectivity index (χ4n) is 3.28. The zero-order valence-electron chi connectivity index (χ0n) is 16.8. The van der Waals surface area contributed by atoms with Crippen molar-refractivity contribution in [1.29, 1.82) is 0 Å². The van der Waals surface area contributed by atoms with Crippen molar-refractivity contribution >= 4 is 23.1 Å². The van der Waals surface area contributed by atoms with E-state index in [0.717, 1.165) is 25.2 Å². The molecular formula is C19H19F3N6O4. The van der Waals surface area contributed by atoms with E-state index in [0.29, 0.717) is 11.2 Å². The smallest absolute Gasteiger partial charge is 0.475 e. The number of aliphatic carboxylic acids is 1. The van der Waals surface area contributed by atoms with Gasteiger partial charge < -0.3 is 19.9 Å². The average molecular weight is 452 g/mol. The maximum absolute atomic E-state index is 12.9. The van der Waals surface area contributed by atoms with Gasteiger partial charge >= 0.3 is 12.1 Å². The van der Waals surface area contributed by atoms with Crippen LogP contribution in [0.25, 0.3) is 5.52 Å². The second-order valence-corrected chi connectivity index (χ2v) is 6.94. The minimum atomic E-state index is -5.08. The molecule has 170 valence electrons. The number of anilines is 1. The van der Waals surface area contributed by atoms with Gasteiger partial charge in [0.25, 0.3) is 11.5 Å². The fraction of sp³-hybridized carbons (Fsp3) is 0.316. The van der Waals surface area contributed by atoms with E-state index >= 15 is 0 Å². The SMILES string of the molecule is CN(C(=O)c1c[nH]c(=O)c2ccnn12)C1CCN(c2ccncc2)C1.O=C(O)C(F)(F)F. The number of hydrogen-bond donors (Lipinski definition) is 2. The highest BCUT2D eigenvalue weighted by atomic mass is 19.4. The van der Waals surface area contributed by atoms with Gasteiger partial charge in [-0.25, -0.2) is 9.31 Å². The Balaban J connectivity index is 0.000000360.